The number of hydrogen-bond donors (Lipinski definition) is 2. The highest BCUT2D eigenvalue weighted by Crippen LogP contribution is 2.42. The number of nitrogens with zero attached hydrogens (tertiary/aromatic N) is 1. The molecule has 0 aliphatic carbocycles. The minimum Gasteiger partial charge on any atom is -0.508 e. The van der Waals surface area contributed by atoms with Crippen molar-refractivity contribution in [2.45, 2.75) is 32.7 Å². The summed E-state index contributed by atoms with van der Waals surface area (Å²) in [4.78, 5) is 25.1. The summed E-state index contributed by atoms with van der Waals surface area (Å²) in [6, 6.07) is 17.5. The molecule has 0 spiro atoms. The van der Waals surface area contributed by atoms with Gasteiger partial charge in [0.15, 0.2) is 0 Å². The van der Waals surface area contributed by atoms with Crippen molar-refractivity contribution in [3.8, 4) is 11.5 Å². The Balaban J connectivity index is 2.28. The van der Waals surface area contributed by atoms with Crippen LogP contribution in [0.4, 0.5) is 5.69 Å². The largest absolute Gasteiger partial charge is 0.508 e. The number of rotatable bonds is 8. The maximum absolute atomic E-state index is 11.4. The lowest BCUT2D eigenvalue weighted by molar-refractivity contribution is 0.111. The third-order valence-corrected chi connectivity index (χ3v) is 5.50. The standard InChI is InChI=1S/C26H27NO4/c1-4-27(17(2)3)21-7-5-6-20(14-21)26(22-12-18(15-28)8-10-24(22)30)23-13-19(16-29)9-11-25(23)31/h5-17,26,30-31H,4H2,1-3H3. The maximum atomic E-state index is 11.4. The fourth-order valence-electron chi connectivity index (χ4n) is 4.01. The van der Waals surface area contributed by atoms with Crippen LogP contribution in [0.3, 0.4) is 0 Å². The van der Waals surface area contributed by atoms with Gasteiger partial charge < -0.3 is 15.1 Å². The third-order valence-electron chi connectivity index (χ3n) is 5.50. The second-order valence-corrected chi connectivity index (χ2v) is 7.78. The highest BCUT2D eigenvalue weighted by atomic mass is 16.3. The molecule has 0 radical (unpaired) electrons. The molecule has 3 aromatic rings. The third kappa shape index (κ3) is 4.61. The molecule has 2 N–H and O–H groups in total. The van der Waals surface area contributed by atoms with Crippen LogP contribution in [-0.4, -0.2) is 35.4 Å². The fraction of sp³-hybridized carbons (Fsp3) is 0.231. The van der Waals surface area contributed by atoms with E-state index in [4.69, 9.17) is 0 Å². The Labute approximate surface area is 182 Å². The van der Waals surface area contributed by atoms with Crippen LogP contribution < -0.4 is 4.90 Å². The molecule has 0 amide bonds. The van der Waals surface area contributed by atoms with Crippen LogP contribution in [0.2, 0.25) is 0 Å². The van der Waals surface area contributed by atoms with Crippen LogP contribution in [0.25, 0.3) is 0 Å². The molecule has 0 fully saturated rings. The van der Waals surface area contributed by atoms with Crippen molar-refractivity contribution in [2.24, 2.45) is 0 Å². The zero-order valence-electron chi connectivity index (χ0n) is 17.9. The van der Waals surface area contributed by atoms with Gasteiger partial charge in [-0.05, 0) is 74.9 Å². The number of benzene rings is 3. The van der Waals surface area contributed by atoms with E-state index in [-0.39, 0.29) is 17.5 Å². The van der Waals surface area contributed by atoms with Gasteiger partial charge in [-0.25, -0.2) is 0 Å². The summed E-state index contributed by atoms with van der Waals surface area (Å²) in [6.45, 7) is 7.14. The Morgan fingerprint density at radius 1 is 0.839 bits per heavy atom. The predicted octanol–water partition coefficient (Wildman–Crippen LogP) is 5.14. The summed E-state index contributed by atoms with van der Waals surface area (Å²) >= 11 is 0. The minimum absolute atomic E-state index is 0.00752. The van der Waals surface area contributed by atoms with E-state index in [9.17, 15) is 19.8 Å². The van der Waals surface area contributed by atoms with Gasteiger partial charge in [-0.3, -0.25) is 9.59 Å². The van der Waals surface area contributed by atoms with Gasteiger partial charge in [-0.2, -0.15) is 0 Å². The lowest BCUT2D eigenvalue weighted by Gasteiger charge is -2.29. The number of carbonyl (C=O) groups is 2. The minimum atomic E-state index is -0.578. The van der Waals surface area contributed by atoms with Crippen molar-refractivity contribution in [3.63, 3.8) is 0 Å². The van der Waals surface area contributed by atoms with Gasteiger partial charge in [-0.15, -0.1) is 0 Å². The summed E-state index contributed by atoms with van der Waals surface area (Å²) in [5.41, 5.74) is 3.63. The van der Waals surface area contributed by atoms with E-state index in [1.165, 1.54) is 12.1 Å². The van der Waals surface area contributed by atoms with Crippen LogP contribution in [-0.2, 0) is 0 Å². The zero-order valence-corrected chi connectivity index (χ0v) is 17.9. The van der Waals surface area contributed by atoms with Crippen LogP contribution in [0.1, 0.15) is 64.1 Å². The molecule has 31 heavy (non-hydrogen) atoms. The van der Waals surface area contributed by atoms with E-state index in [0.717, 1.165) is 30.4 Å². The van der Waals surface area contributed by atoms with Crippen molar-refractivity contribution in [1.82, 2.24) is 0 Å². The van der Waals surface area contributed by atoms with E-state index in [1.54, 1.807) is 24.3 Å². The first-order chi connectivity index (χ1) is 14.9. The molecule has 0 atom stereocenters. The lowest BCUT2D eigenvalue weighted by atomic mass is 9.82. The van der Waals surface area contributed by atoms with Crippen LogP contribution in [0.15, 0.2) is 60.7 Å². The Bertz CT molecular complexity index is 1030. The Morgan fingerprint density at radius 3 is 1.84 bits per heavy atom. The molecule has 0 aliphatic heterocycles. The molecule has 5 heteroatoms. The maximum Gasteiger partial charge on any atom is 0.150 e. The van der Waals surface area contributed by atoms with Gasteiger partial charge in [0.2, 0.25) is 0 Å². The number of phenols is 2. The molecule has 5 nitrogen and oxygen atoms in total. The van der Waals surface area contributed by atoms with Gasteiger partial charge in [-0.1, -0.05) is 12.1 Å². The molecule has 0 aromatic heterocycles. The van der Waals surface area contributed by atoms with E-state index in [1.807, 2.05) is 24.3 Å². The van der Waals surface area contributed by atoms with Crippen molar-refractivity contribution in [1.29, 1.82) is 0 Å². The van der Waals surface area contributed by atoms with Gasteiger partial charge in [0.25, 0.3) is 0 Å². The van der Waals surface area contributed by atoms with Crippen molar-refractivity contribution in [3.05, 3.63) is 88.5 Å². The number of phenolic OH excluding ortho intramolecular Hbond substituents is 2. The first-order valence-electron chi connectivity index (χ1n) is 10.3. The highest BCUT2D eigenvalue weighted by Gasteiger charge is 2.24. The van der Waals surface area contributed by atoms with Gasteiger partial charge in [0.05, 0.1) is 0 Å². The second kappa shape index (κ2) is 9.47. The summed E-state index contributed by atoms with van der Waals surface area (Å²) in [5, 5.41) is 21.4. The SMILES string of the molecule is CCN(c1cccc(C(c2cc(C=O)ccc2O)c2cc(C=O)ccc2O)c1)C(C)C. The first-order valence-corrected chi connectivity index (χ1v) is 10.3. The van der Waals surface area contributed by atoms with Crippen molar-refractivity contribution >= 4 is 18.3 Å². The quantitative estimate of drug-likeness (QED) is 0.392. The molecular weight excluding hydrogens is 390 g/mol. The number of anilines is 1. The fourth-order valence-corrected chi connectivity index (χ4v) is 4.01. The van der Waals surface area contributed by atoms with Gasteiger partial charge in [0.1, 0.15) is 24.1 Å². The smallest absolute Gasteiger partial charge is 0.150 e. The van der Waals surface area contributed by atoms with E-state index in [0.29, 0.717) is 22.3 Å². The normalized spacial score (nSPS) is 11.0. The van der Waals surface area contributed by atoms with Crippen LogP contribution in [0, 0.1) is 0 Å². The molecule has 0 unspecified atom stereocenters. The zero-order chi connectivity index (χ0) is 22.5. The van der Waals surface area contributed by atoms with E-state index >= 15 is 0 Å². The molecule has 0 bridgehead atoms. The Kier molecular flexibility index (Phi) is 6.75. The van der Waals surface area contributed by atoms with Crippen molar-refractivity contribution < 1.29 is 19.8 Å². The first kappa shape index (κ1) is 22.1. The molecule has 3 rings (SSSR count). The number of aromatic hydroxyl groups is 2. The van der Waals surface area contributed by atoms with E-state index in [2.05, 4.69) is 25.7 Å². The molecule has 0 saturated carbocycles. The summed E-state index contributed by atoms with van der Waals surface area (Å²) < 4.78 is 0. The topological polar surface area (TPSA) is 77.8 Å². The van der Waals surface area contributed by atoms with Gasteiger partial charge >= 0.3 is 0 Å². The molecule has 160 valence electrons. The predicted molar refractivity (Wildman–Crippen MR) is 123 cm³/mol. The Hall–Kier alpha value is -3.60. The summed E-state index contributed by atoms with van der Waals surface area (Å²) in [7, 11) is 0. The molecule has 0 heterocycles. The molecule has 0 aliphatic rings. The molecular formula is C26H27NO4. The van der Waals surface area contributed by atoms with Crippen molar-refractivity contribution in [2.75, 3.05) is 11.4 Å². The number of hydrogen-bond acceptors (Lipinski definition) is 5. The van der Waals surface area contributed by atoms with Gasteiger partial charge in [0, 0.05) is 46.4 Å². The monoisotopic (exact) mass is 417 g/mol. The summed E-state index contributed by atoms with van der Waals surface area (Å²) in [5.74, 6) is -0.563. The molecule has 0 saturated heterocycles. The Morgan fingerprint density at radius 2 is 1.39 bits per heavy atom. The summed E-state index contributed by atoms with van der Waals surface area (Å²) in [6.07, 6.45) is 1.44. The van der Waals surface area contributed by atoms with E-state index < -0.39 is 5.92 Å². The number of aldehydes is 2. The average Bonchev–Trinajstić information content (AvgIpc) is 2.77. The van der Waals surface area contributed by atoms with Crippen LogP contribution in [0.5, 0.6) is 11.5 Å². The number of carbonyl (C=O) groups excluding carboxylic acids is 2. The molecule has 3 aromatic carbocycles. The lowest BCUT2D eigenvalue weighted by Crippen LogP contribution is -2.30. The highest BCUT2D eigenvalue weighted by molar-refractivity contribution is 5.78. The average molecular weight is 418 g/mol. The van der Waals surface area contributed by atoms with Crippen LogP contribution >= 0.6 is 0 Å². The second-order valence-electron chi connectivity index (χ2n) is 7.78.